The number of aliphatic hydroxyl groups excluding tert-OH is 2. The Bertz CT molecular complexity index is 1030. The molecule has 1 aromatic rings. The number of fused-ring (bicyclic) bond motifs is 1. The zero-order chi connectivity index (χ0) is 24.8. The number of sulfone groups is 1. The number of phenolic OH excluding ortho intramolecular Hbond substituents is 1. The number of carbonyl (C=O) groups excluding carboxylic acids is 2. The molecule has 1 aromatic carbocycles. The van der Waals surface area contributed by atoms with Gasteiger partial charge in [-0.05, 0) is 37.5 Å². The van der Waals surface area contributed by atoms with Crippen LogP contribution in [0.3, 0.4) is 0 Å². The molecule has 0 radical (unpaired) electrons. The highest BCUT2D eigenvalue weighted by atomic mass is 32.2. The Morgan fingerprint density at radius 1 is 1.15 bits per heavy atom. The number of nitrogens with one attached hydrogen (secondary N) is 1. The molecule has 1 heterocycles. The van der Waals surface area contributed by atoms with Gasteiger partial charge in [0.25, 0.3) is 0 Å². The van der Waals surface area contributed by atoms with Crippen LogP contribution in [-0.4, -0.2) is 72.4 Å². The zero-order valence-electron chi connectivity index (χ0n) is 18.9. The van der Waals surface area contributed by atoms with Crippen LogP contribution in [0.4, 0.5) is 5.69 Å². The standard InChI is InChI=1S/C23H31NO8S/c1-14-8-9-19(26)22(28)18(25)7-4-6-16-12-17(24-10-5-11-33(3,30)31)13-20(27)21(16)23(29)32-15(14)2/h4,6,8-9,12-15,18,22,24-25,27-28H,5,7,10-11H2,1-3H3/b6-4+,9-8-/t14-,15+,18+,22+/m1/s1. The molecule has 0 aromatic heterocycles. The van der Waals surface area contributed by atoms with Crippen molar-refractivity contribution in [1.29, 1.82) is 0 Å². The second kappa shape index (κ2) is 11.4. The summed E-state index contributed by atoms with van der Waals surface area (Å²) in [6.07, 6.45) is 3.44. The van der Waals surface area contributed by atoms with E-state index in [1.165, 1.54) is 24.3 Å². The Morgan fingerprint density at radius 2 is 1.85 bits per heavy atom. The first-order valence-electron chi connectivity index (χ1n) is 10.6. The first kappa shape index (κ1) is 26.6. The molecule has 1 aliphatic heterocycles. The molecule has 2 rings (SSSR count). The number of cyclic esters (lactones) is 1. The third kappa shape index (κ3) is 7.99. The smallest absolute Gasteiger partial charge is 0.342 e. The lowest BCUT2D eigenvalue weighted by Crippen LogP contribution is -2.32. The Kier molecular flexibility index (Phi) is 9.21. The van der Waals surface area contributed by atoms with Crippen molar-refractivity contribution in [3.05, 3.63) is 41.5 Å². The summed E-state index contributed by atoms with van der Waals surface area (Å²) in [7, 11) is -3.09. The molecule has 0 spiro atoms. The van der Waals surface area contributed by atoms with E-state index in [-0.39, 0.29) is 29.4 Å². The maximum atomic E-state index is 12.8. The molecule has 4 N–H and O–H groups in total. The van der Waals surface area contributed by atoms with E-state index in [1.807, 2.05) is 0 Å². The second-order valence-electron chi connectivity index (χ2n) is 8.25. The Hall–Kier alpha value is -2.69. The molecule has 182 valence electrons. The van der Waals surface area contributed by atoms with E-state index in [4.69, 9.17) is 4.74 Å². The second-order valence-corrected chi connectivity index (χ2v) is 10.5. The molecule has 9 nitrogen and oxygen atoms in total. The highest BCUT2D eigenvalue weighted by molar-refractivity contribution is 7.90. The van der Waals surface area contributed by atoms with Crippen LogP contribution in [-0.2, 0) is 19.4 Å². The summed E-state index contributed by atoms with van der Waals surface area (Å²) in [6, 6.07) is 2.93. The number of esters is 1. The zero-order valence-corrected chi connectivity index (χ0v) is 19.7. The van der Waals surface area contributed by atoms with Crippen molar-refractivity contribution in [1.82, 2.24) is 0 Å². The number of carbonyl (C=O) groups is 2. The fraction of sp³-hybridized carbons (Fsp3) is 0.478. The topological polar surface area (TPSA) is 150 Å². The minimum absolute atomic E-state index is 0.00655. The predicted molar refractivity (Wildman–Crippen MR) is 125 cm³/mol. The van der Waals surface area contributed by atoms with Gasteiger partial charge in [-0.15, -0.1) is 0 Å². The number of benzene rings is 1. The number of ether oxygens (including phenoxy) is 1. The minimum atomic E-state index is -3.09. The molecule has 33 heavy (non-hydrogen) atoms. The molecule has 4 atom stereocenters. The van der Waals surface area contributed by atoms with Crippen LogP contribution in [0.15, 0.2) is 30.4 Å². The summed E-state index contributed by atoms with van der Waals surface area (Å²) >= 11 is 0. The van der Waals surface area contributed by atoms with Crippen molar-refractivity contribution in [2.75, 3.05) is 23.9 Å². The molecule has 0 fully saturated rings. The summed E-state index contributed by atoms with van der Waals surface area (Å²) in [5, 5.41) is 33.8. The molecule has 0 saturated carbocycles. The number of aliphatic hydroxyl groups is 2. The average molecular weight is 482 g/mol. The Morgan fingerprint density at radius 3 is 2.52 bits per heavy atom. The van der Waals surface area contributed by atoms with Crippen molar-refractivity contribution in [2.45, 2.75) is 45.0 Å². The van der Waals surface area contributed by atoms with Gasteiger partial charge in [-0.2, -0.15) is 0 Å². The predicted octanol–water partition coefficient (Wildman–Crippen LogP) is 1.68. The van der Waals surface area contributed by atoms with Gasteiger partial charge >= 0.3 is 5.97 Å². The summed E-state index contributed by atoms with van der Waals surface area (Å²) in [5.74, 6) is -2.11. The third-order valence-corrected chi connectivity index (χ3v) is 6.33. The van der Waals surface area contributed by atoms with Gasteiger partial charge in [0.2, 0.25) is 0 Å². The first-order valence-corrected chi connectivity index (χ1v) is 12.7. The molecule has 10 heteroatoms. The largest absolute Gasteiger partial charge is 0.507 e. The van der Waals surface area contributed by atoms with E-state index in [0.717, 1.165) is 12.3 Å². The quantitative estimate of drug-likeness (QED) is 0.364. The minimum Gasteiger partial charge on any atom is -0.507 e. The van der Waals surface area contributed by atoms with Gasteiger partial charge in [-0.25, -0.2) is 13.2 Å². The maximum Gasteiger partial charge on any atom is 0.342 e. The van der Waals surface area contributed by atoms with Gasteiger partial charge in [0, 0.05) is 30.5 Å². The number of hydrogen-bond donors (Lipinski definition) is 4. The monoisotopic (exact) mass is 481 g/mol. The first-order chi connectivity index (χ1) is 15.4. The highest BCUT2D eigenvalue weighted by Gasteiger charge is 2.25. The van der Waals surface area contributed by atoms with Crippen molar-refractivity contribution < 1.29 is 38.1 Å². The summed E-state index contributed by atoms with van der Waals surface area (Å²) in [4.78, 5) is 24.9. The fourth-order valence-corrected chi connectivity index (χ4v) is 3.83. The van der Waals surface area contributed by atoms with Crippen LogP contribution in [0.5, 0.6) is 5.75 Å². The lowest BCUT2D eigenvalue weighted by molar-refractivity contribution is -0.127. The number of aromatic hydroxyl groups is 1. The molecule has 0 bridgehead atoms. The van der Waals surface area contributed by atoms with Gasteiger partial charge in [0.05, 0.1) is 11.9 Å². The Labute approximate surface area is 193 Å². The van der Waals surface area contributed by atoms with Crippen LogP contribution >= 0.6 is 0 Å². The highest BCUT2D eigenvalue weighted by Crippen LogP contribution is 2.30. The number of phenols is 1. The van der Waals surface area contributed by atoms with Gasteiger partial charge in [0.1, 0.15) is 33.4 Å². The van der Waals surface area contributed by atoms with Gasteiger partial charge in [-0.3, -0.25) is 4.79 Å². The van der Waals surface area contributed by atoms with Crippen molar-refractivity contribution in [3.63, 3.8) is 0 Å². The van der Waals surface area contributed by atoms with E-state index in [2.05, 4.69) is 5.32 Å². The summed E-state index contributed by atoms with van der Waals surface area (Å²) in [6.45, 7) is 3.69. The van der Waals surface area contributed by atoms with E-state index >= 15 is 0 Å². The van der Waals surface area contributed by atoms with Gasteiger partial charge in [0.15, 0.2) is 5.78 Å². The van der Waals surface area contributed by atoms with Crippen LogP contribution in [0.1, 0.15) is 42.6 Å². The lowest BCUT2D eigenvalue weighted by Gasteiger charge is -2.20. The molecule has 0 amide bonds. The SMILES string of the molecule is C[C@@H]1/C=C\C(=O)[C@@H](O)[C@@H](O)C/C=C/c2cc(NCCCS(C)(=O)=O)cc(O)c2C(=O)O[C@H]1C. The molecular weight excluding hydrogens is 450 g/mol. The van der Waals surface area contributed by atoms with E-state index in [9.17, 15) is 33.3 Å². The molecular formula is C23H31NO8S. The normalized spacial score (nSPS) is 26.6. The maximum absolute atomic E-state index is 12.8. The molecule has 0 aliphatic carbocycles. The summed E-state index contributed by atoms with van der Waals surface area (Å²) < 4.78 is 28.0. The number of anilines is 1. The number of ketones is 1. The van der Waals surface area contributed by atoms with Gasteiger partial charge in [-0.1, -0.05) is 25.2 Å². The van der Waals surface area contributed by atoms with E-state index < -0.39 is 39.9 Å². The number of rotatable bonds is 5. The van der Waals surface area contributed by atoms with Crippen LogP contribution < -0.4 is 5.32 Å². The fourth-order valence-electron chi connectivity index (χ4n) is 3.16. The molecule has 1 aliphatic rings. The van der Waals surface area contributed by atoms with E-state index in [0.29, 0.717) is 24.2 Å². The van der Waals surface area contributed by atoms with Gasteiger partial charge < -0.3 is 25.4 Å². The lowest BCUT2D eigenvalue weighted by atomic mass is 9.99. The molecule has 0 unspecified atom stereocenters. The van der Waals surface area contributed by atoms with Crippen molar-refractivity contribution in [3.8, 4) is 5.75 Å². The molecule has 0 saturated heterocycles. The summed E-state index contributed by atoms with van der Waals surface area (Å²) in [5.41, 5.74) is 0.684. The third-order valence-electron chi connectivity index (χ3n) is 5.30. The Balaban J connectivity index is 2.37. The van der Waals surface area contributed by atoms with Crippen molar-refractivity contribution >= 4 is 33.4 Å². The van der Waals surface area contributed by atoms with Crippen molar-refractivity contribution in [2.24, 2.45) is 5.92 Å². The number of hydrogen-bond acceptors (Lipinski definition) is 9. The average Bonchev–Trinajstić information content (AvgIpc) is 2.72. The van der Waals surface area contributed by atoms with Crippen LogP contribution in [0.2, 0.25) is 0 Å². The van der Waals surface area contributed by atoms with Crippen LogP contribution in [0.25, 0.3) is 6.08 Å². The van der Waals surface area contributed by atoms with E-state index in [1.54, 1.807) is 19.9 Å². The van der Waals surface area contributed by atoms with Crippen LogP contribution in [0, 0.1) is 5.92 Å².